The number of pyridine rings is 1. The lowest BCUT2D eigenvalue weighted by Gasteiger charge is -2.22. The minimum atomic E-state index is 0.301. The monoisotopic (exact) mass is 371 g/mol. The van der Waals surface area contributed by atoms with Crippen molar-refractivity contribution >= 4 is 5.96 Å². The topological polar surface area (TPSA) is 89.2 Å². The van der Waals surface area contributed by atoms with Gasteiger partial charge in [-0.25, -0.2) is 15.0 Å². The number of rotatable bonds is 7. The van der Waals surface area contributed by atoms with Crippen LogP contribution in [0.2, 0.25) is 0 Å². The first-order valence-corrected chi connectivity index (χ1v) is 9.71. The van der Waals surface area contributed by atoms with Crippen molar-refractivity contribution in [2.24, 2.45) is 12.0 Å². The van der Waals surface area contributed by atoms with Gasteiger partial charge in [0.25, 0.3) is 0 Å². The number of nitrogens with one attached hydrogen (secondary N) is 2. The quantitative estimate of drug-likeness (QED) is 0.573. The number of hydrogen-bond acceptors (Lipinski definition) is 5. The van der Waals surface area contributed by atoms with Crippen molar-refractivity contribution in [3.05, 3.63) is 36.0 Å². The highest BCUT2D eigenvalue weighted by Gasteiger charge is 2.15. The third-order valence-electron chi connectivity index (χ3n) is 4.62. The summed E-state index contributed by atoms with van der Waals surface area (Å²) >= 11 is 0. The van der Waals surface area contributed by atoms with Gasteiger partial charge in [-0.3, -0.25) is 4.68 Å². The van der Waals surface area contributed by atoms with Crippen LogP contribution in [0.1, 0.15) is 50.4 Å². The van der Waals surface area contributed by atoms with Crippen LogP contribution in [0.25, 0.3) is 0 Å². The zero-order valence-corrected chi connectivity index (χ0v) is 16.2. The van der Waals surface area contributed by atoms with E-state index in [0.29, 0.717) is 25.1 Å². The van der Waals surface area contributed by atoms with E-state index in [9.17, 15) is 0 Å². The van der Waals surface area contributed by atoms with Crippen LogP contribution in [0, 0.1) is 0 Å². The Morgan fingerprint density at radius 1 is 1.26 bits per heavy atom. The zero-order chi connectivity index (χ0) is 18.9. The van der Waals surface area contributed by atoms with Crippen LogP contribution >= 0.6 is 0 Å². The van der Waals surface area contributed by atoms with E-state index in [-0.39, 0.29) is 0 Å². The Hall–Kier alpha value is -2.64. The van der Waals surface area contributed by atoms with Crippen LogP contribution in [0.5, 0.6) is 5.88 Å². The smallest absolute Gasteiger partial charge is 0.213 e. The molecule has 1 aliphatic carbocycles. The van der Waals surface area contributed by atoms with Crippen LogP contribution in [-0.2, 0) is 20.1 Å². The number of aliphatic imine (C=N–C) groups is 1. The van der Waals surface area contributed by atoms with Crippen molar-refractivity contribution in [3.8, 4) is 5.88 Å². The lowest BCUT2D eigenvalue weighted by molar-refractivity contribution is 0.148. The van der Waals surface area contributed by atoms with E-state index in [1.54, 1.807) is 17.2 Å². The molecule has 0 bridgehead atoms. The molecule has 3 rings (SSSR count). The number of guanidine groups is 1. The maximum atomic E-state index is 6.05. The van der Waals surface area contributed by atoms with Gasteiger partial charge in [-0.05, 0) is 44.2 Å². The lowest BCUT2D eigenvalue weighted by Crippen LogP contribution is -2.37. The highest BCUT2D eigenvalue weighted by Crippen LogP contribution is 2.22. The number of aromatic nitrogens is 4. The molecule has 1 saturated carbocycles. The summed E-state index contributed by atoms with van der Waals surface area (Å²) in [4.78, 5) is 13.2. The summed E-state index contributed by atoms with van der Waals surface area (Å²) in [5.41, 5.74) is 1.08. The molecular formula is C19H29N7O. The van der Waals surface area contributed by atoms with E-state index in [2.05, 4.69) is 30.7 Å². The summed E-state index contributed by atoms with van der Waals surface area (Å²) in [6.07, 6.45) is 9.71. The Kier molecular flexibility index (Phi) is 7.01. The summed E-state index contributed by atoms with van der Waals surface area (Å²) in [6, 6.07) is 3.97. The standard InChI is InChI=1S/C19H29N7O/c1-3-20-19(23-13-17-24-14-25-26(17)2)22-12-15-9-10-21-18(11-15)27-16-7-5-4-6-8-16/h9-11,14,16H,3-8,12-13H2,1-2H3,(H2,20,22,23). The van der Waals surface area contributed by atoms with Crippen molar-refractivity contribution in [1.82, 2.24) is 30.4 Å². The van der Waals surface area contributed by atoms with E-state index in [4.69, 9.17) is 4.74 Å². The highest BCUT2D eigenvalue weighted by atomic mass is 16.5. The molecule has 0 amide bonds. The van der Waals surface area contributed by atoms with Crippen LogP contribution < -0.4 is 15.4 Å². The molecule has 2 aromatic heterocycles. The number of ether oxygens (including phenoxy) is 1. The molecule has 0 atom stereocenters. The Balaban J connectivity index is 1.57. The van der Waals surface area contributed by atoms with Gasteiger partial charge in [-0.1, -0.05) is 6.42 Å². The van der Waals surface area contributed by atoms with Crippen molar-refractivity contribution in [2.75, 3.05) is 6.54 Å². The first-order chi connectivity index (χ1) is 13.2. The summed E-state index contributed by atoms with van der Waals surface area (Å²) < 4.78 is 7.80. The van der Waals surface area contributed by atoms with E-state index >= 15 is 0 Å². The fraction of sp³-hybridized carbons (Fsp3) is 0.579. The Labute approximate surface area is 160 Å². The Morgan fingerprint density at radius 3 is 2.85 bits per heavy atom. The molecule has 0 saturated heterocycles. The normalized spacial score (nSPS) is 15.6. The summed E-state index contributed by atoms with van der Waals surface area (Å²) in [6.45, 7) is 3.95. The molecule has 0 radical (unpaired) electrons. The third kappa shape index (κ3) is 5.94. The molecule has 2 aromatic rings. The Morgan fingerprint density at radius 2 is 2.11 bits per heavy atom. The van der Waals surface area contributed by atoms with Gasteiger partial charge in [-0.15, -0.1) is 0 Å². The molecule has 0 aliphatic heterocycles. The lowest BCUT2D eigenvalue weighted by atomic mass is 9.98. The summed E-state index contributed by atoms with van der Waals surface area (Å²) in [5.74, 6) is 2.30. The van der Waals surface area contributed by atoms with Gasteiger partial charge >= 0.3 is 0 Å². The van der Waals surface area contributed by atoms with Gasteiger partial charge in [0.2, 0.25) is 5.88 Å². The van der Waals surface area contributed by atoms with Gasteiger partial charge in [0.15, 0.2) is 5.96 Å². The van der Waals surface area contributed by atoms with Crippen molar-refractivity contribution in [1.29, 1.82) is 0 Å². The second-order valence-corrected chi connectivity index (χ2v) is 6.73. The molecule has 8 nitrogen and oxygen atoms in total. The van der Waals surface area contributed by atoms with Gasteiger partial charge < -0.3 is 15.4 Å². The van der Waals surface area contributed by atoms with Crippen molar-refractivity contribution in [3.63, 3.8) is 0 Å². The highest BCUT2D eigenvalue weighted by molar-refractivity contribution is 5.79. The molecule has 8 heteroatoms. The molecule has 146 valence electrons. The van der Waals surface area contributed by atoms with Gasteiger partial charge in [0.1, 0.15) is 18.3 Å². The van der Waals surface area contributed by atoms with E-state index in [1.165, 1.54) is 19.3 Å². The van der Waals surface area contributed by atoms with Gasteiger partial charge in [0, 0.05) is 25.9 Å². The molecule has 0 aromatic carbocycles. The molecule has 0 unspecified atom stereocenters. The van der Waals surface area contributed by atoms with Crippen LogP contribution in [0.15, 0.2) is 29.6 Å². The minimum absolute atomic E-state index is 0.301. The summed E-state index contributed by atoms with van der Waals surface area (Å²) in [7, 11) is 1.87. The predicted molar refractivity (Wildman–Crippen MR) is 104 cm³/mol. The molecule has 27 heavy (non-hydrogen) atoms. The molecule has 2 N–H and O–H groups in total. The molecule has 2 heterocycles. The molecule has 1 aliphatic rings. The third-order valence-corrected chi connectivity index (χ3v) is 4.62. The molecule has 0 spiro atoms. The number of hydrogen-bond donors (Lipinski definition) is 2. The minimum Gasteiger partial charge on any atom is -0.474 e. The maximum Gasteiger partial charge on any atom is 0.213 e. The van der Waals surface area contributed by atoms with Crippen LogP contribution in [-0.4, -0.2) is 38.4 Å². The van der Waals surface area contributed by atoms with Crippen molar-refractivity contribution < 1.29 is 4.74 Å². The fourth-order valence-electron chi connectivity index (χ4n) is 3.12. The average Bonchev–Trinajstić information content (AvgIpc) is 3.10. The molecule has 1 fully saturated rings. The second-order valence-electron chi connectivity index (χ2n) is 6.73. The largest absolute Gasteiger partial charge is 0.474 e. The predicted octanol–water partition coefficient (Wildman–Crippen LogP) is 2.18. The fourth-order valence-corrected chi connectivity index (χ4v) is 3.12. The maximum absolute atomic E-state index is 6.05. The average molecular weight is 371 g/mol. The first-order valence-electron chi connectivity index (χ1n) is 9.71. The number of nitrogens with zero attached hydrogens (tertiary/aromatic N) is 5. The number of aryl methyl sites for hydroxylation is 1. The Bertz CT molecular complexity index is 737. The van der Waals surface area contributed by atoms with Gasteiger partial charge in [0.05, 0.1) is 13.1 Å². The molecular weight excluding hydrogens is 342 g/mol. The first kappa shape index (κ1) is 19.1. The van der Waals surface area contributed by atoms with E-state index < -0.39 is 0 Å². The summed E-state index contributed by atoms with van der Waals surface area (Å²) in [5, 5.41) is 10.6. The zero-order valence-electron chi connectivity index (χ0n) is 16.2. The van der Waals surface area contributed by atoms with E-state index in [0.717, 1.165) is 36.7 Å². The van der Waals surface area contributed by atoms with Gasteiger partial charge in [-0.2, -0.15) is 5.10 Å². The SMILES string of the molecule is CCNC(=NCc1ccnc(OC2CCCCC2)c1)NCc1ncnn1C. The van der Waals surface area contributed by atoms with Crippen LogP contribution in [0.4, 0.5) is 0 Å². The second kappa shape index (κ2) is 9.89. The van der Waals surface area contributed by atoms with Crippen LogP contribution in [0.3, 0.4) is 0 Å². The van der Waals surface area contributed by atoms with Crippen molar-refractivity contribution in [2.45, 2.75) is 58.2 Å². The van der Waals surface area contributed by atoms with E-state index in [1.807, 2.05) is 26.1 Å².